The number of nitrogens with one attached hydrogen (secondary N) is 1. The molecule has 0 atom stereocenters. The maximum atomic E-state index is 12.4. The van der Waals surface area contributed by atoms with E-state index in [4.69, 9.17) is 0 Å². The van der Waals surface area contributed by atoms with Crippen molar-refractivity contribution in [3.63, 3.8) is 0 Å². The van der Waals surface area contributed by atoms with Crippen molar-refractivity contribution in [2.24, 2.45) is 10.2 Å². The van der Waals surface area contributed by atoms with Crippen LogP contribution in [0.2, 0.25) is 0 Å². The molecule has 2 aromatic carbocycles. The molecular formula is C19H19BrN4O4S. The van der Waals surface area contributed by atoms with Gasteiger partial charge >= 0.3 is 0 Å². The second kappa shape index (κ2) is 7.96. The van der Waals surface area contributed by atoms with Crippen LogP contribution in [0.3, 0.4) is 0 Å². The summed E-state index contributed by atoms with van der Waals surface area (Å²) in [6.45, 7) is 3.10. The lowest BCUT2D eigenvalue weighted by Gasteiger charge is -2.22. The molecule has 10 heteroatoms. The van der Waals surface area contributed by atoms with Crippen LogP contribution < -0.4 is 4.31 Å². The van der Waals surface area contributed by atoms with Crippen molar-refractivity contribution >= 4 is 54.1 Å². The van der Waals surface area contributed by atoms with Gasteiger partial charge in [-0.05, 0) is 49.2 Å². The van der Waals surface area contributed by atoms with Crippen LogP contribution in [-0.2, 0) is 14.8 Å². The van der Waals surface area contributed by atoms with E-state index in [0.717, 1.165) is 20.6 Å². The number of aromatic amines is 1. The van der Waals surface area contributed by atoms with Crippen molar-refractivity contribution in [1.82, 2.24) is 4.98 Å². The molecule has 0 spiro atoms. The molecule has 0 aliphatic rings. The number of benzene rings is 2. The highest BCUT2D eigenvalue weighted by Crippen LogP contribution is 2.36. The molecule has 2 N–H and O–H groups in total. The Bertz CT molecular complexity index is 1230. The van der Waals surface area contributed by atoms with Gasteiger partial charge in [0.05, 0.1) is 17.5 Å². The van der Waals surface area contributed by atoms with Gasteiger partial charge in [-0.3, -0.25) is 9.10 Å². The Hall–Kier alpha value is -2.72. The lowest BCUT2D eigenvalue weighted by Crippen LogP contribution is -2.34. The number of aromatic nitrogens is 1. The van der Waals surface area contributed by atoms with Crippen molar-refractivity contribution in [2.45, 2.75) is 13.8 Å². The van der Waals surface area contributed by atoms with E-state index in [-0.39, 0.29) is 11.6 Å². The van der Waals surface area contributed by atoms with Crippen molar-refractivity contribution in [1.29, 1.82) is 0 Å². The minimum Gasteiger partial charge on any atom is -0.493 e. The highest BCUT2D eigenvalue weighted by Gasteiger charge is 2.23. The highest BCUT2D eigenvalue weighted by molar-refractivity contribution is 9.10. The number of halogens is 1. The summed E-state index contributed by atoms with van der Waals surface area (Å²) < 4.78 is 26.3. The fourth-order valence-corrected chi connectivity index (χ4v) is 4.13. The zero-order valence-corrected chi connectivity index (χ0v) is 18.4. The van der Waals surface area contributed by atoms with E-state index >= 15 is 0 Å². The predicted molar refractivity (Wildman–Crippen MR) is 115 cm³/mol. The SMILES string of the molecule is Cc1ccc(C)c(N(CC(=O)N=Nc2c(O)[nH]c3ccc(Br)cc23)S(C)(=O)=O)c1. The molecule has 0 saturated heterocycles. The number of azo groups is 1. The minimum absolute atomic E-state index is 0.104. The molecule has 1 heterocycles. The lowest BCUT2D eigenvalue weighted by atomic mass is 10.1. The van der Waals surface area contributed by atoms with E-state index in [2.05, 4.69) is 31.1 Å². The van der Waals surface area contributed by atoms with E-state index in [9.17, 15) is 18.3 Å². The highest BCUT2D eigenvalue weighted by atomic mass is 79.9. The number of amides is 1. The number of carbonyl (C=O) groups excluding carboxylic acids is 1. The summed E-state index contributed by atoms with van der Waals surface area (Å²) in [5.41, 5.74) is 2.72. The number of fused-ring (bicyclic) bond motifs is 1. The average Bonchev–Trinajstić information content (AvgIpc) is 2.93. The monoisotopic (exact) mass is 478 g/mol. The van der Waals surface area contributed by atoms with Crippen LogP contribution in [0.4, 0.5) is 11.4 Å². The molecule has 1 amide bonds. The van der Waals surface area contributed by atoms with Gasteiger partial charge in [0.15, 0.2) is 5.69 Å². The fourth-order valence-electron chi connectivity index (χ4n) is 2.87. The summed E-state index contributed by atoms with van der Waals surface area (Å²) in [6.07, 6.45) is 1.03. The van der Waals surface area contributed by atoms with Crippen molar-refractivity contribution in [2.75, 3.05) is 17.1 Å². The normalized spacial score (nSPS) is 12.0. The van der Waals surface area contributed by atoms with Gasteiger partial charge in [-0.2, -0.15) is 0 Å². The van der Waals surface area contributed by atoms with Crippen LogP contribution in [0.25, 0.3) is 10.9 Å². The quantitative estimate of drug-likeness (QED) is 0.530. The minimum atomic E-state index is -3.72. The summed E-state index contributed by atoms with van der Waals surface area (Å²) in [4.78, 5) is 15.2. The van der Waals surface area contributed by atoms with E-state index in [1.165, 1.54) is 0 Å². The molecule has 0 fully saturated rings. The van der Waals surface area contributed by atoms with E-state index in [1.54, 1.807) is 37.3 Å². The summed E-state index contributed by atoms with van der Waals surface area (Å²) in [7, 11) is -3.72. The summed E-state index contributed by atoms with van der Waals surface area (Å²) in [5, 5.41) is 18.1. The Morgan fingerprint density at radius 2 is 1.93 bits per heavy atom. The second-order valence-corrected chi connectivity index (χ2v) is 9.49. The molecule has 0 radical (unpaired) electrons. The maximum absolute atomic E-state index is 12.4. The first kappa shape index (κ1) is 21.0. The number of sulfonamides is 1. The number of aryl methyl sites for hydroxylation is 2. The number of nitrogens with zero attached hydrogens (tertiary/aromatic N) is 3. The number of rotatable bonds is 5. The van der Waals surface area contributed by atoms with Crippen LogP contribution >= 0.6 is 15.9 Å². The van der Waals surface area contributed by atoms with Crippen molar-refractivity contribution in [3.05, 3.63) is 52.0 Å². The number of hydrogen-bond donors (Lipinski definition) is 2. The second-order valence-electron chi connectivity index (χ2n) is 6.67. The molecule has 3 rings (SSSR count). The lowest BCUT2D eigenvalue weighted by molar-refractivity contribution is -0.116. The number of H-pyrrole nitrogens is 1. The van der Waals surface area contributed by atoms with Gasteiger partial charge in [0, 0.05) is 9.86 Å². The van der Waals surface area contributed by atoms with Gasteiger partial charge < -0.3 is 10.1 Å². The smallest absolute Gasteiger partial charge is 0.285 e. The van der Waals surface area contributed by atoms with Gasteiger partial charge in [0.25, 0.3) is 5.91 Å². The number of aromatic hydroxyl groups is 1. The van der Waals surface area contributed by atoms with Gasteiger partial charge in [-0.15, -0.1) is 10.2 Å². The third-order valence-electron chi connectivity index (χ3n) is 4.29. The van der Waals surface area contributed by atoms with Crippen LogP contribution in [0.15, 0.2) is 51.1 Å². The van der Waals surface area contributed by atoms with Gasteiger partial charge in [0.1, 0.15) is 6.54 Å². The van der Waals surface area contributed by atoms with Crippen molar-refractivity contribution < 1.29 is 18.3 Å². The molecule has 152 valence electrons. The zero-order valence-electron chi connectivity index (χ0n) is 16.0. The Kier molecular flexibility index (Phi) is 5.76. The molecule has 0 saturated carbocycles. The molecular weight excluding hydrogens is 460 g/mol. The Labute approximate surface area is 176 Å². The van der Waals surface area contributed by atoms with Crippen LogP contribution in [-0.4, -0.2) is 37.2 Å². The molecule has 0 bridgehead atoms. The fraction of sp³-hybridized carbons (Fsp3) is 0.211. The Morgan fingerprint density at radius 3 is 2.62 bits per heavy atom. The third kappa shape index (κ3) is 4.65. The standard InChI is InChI=1S/C19H19BrN4O4S/c1-11-4-5-12(2)16(8-11)24(29(3,27)28)10-17(25)22-23-18-14-9-13(20)6-7-15(14)21-19(18)26/h4-9,21,26H,10H2,1-3H3. The molecule has 0 aliphatic heterocycles. The molecule has 0 aliphatic carbocycles. The van der Waals surface area contributed by atoms with Crippen LogP contribution in [0.1, 0.15) is 11.1 Å². The summed E-state index contributed by atoms with van der Waals surface area (Å²) in [5.74, 6) is -0.996. The van der Waals surface area contributed by atoms with Crippen LogP contribution in [0.5, 0.6) is 5.88 Å². The Balaban J connectivity index is 1.91. The van der Waals surface area contributed by atoms with Gasteiger partial charge in [-0.25, -0.2) is 8.42 Å². The number of anilines is 1. The van der Waals surface area contributed by atoms with Gasteiger partial charge in [0.2, 0.25) is 15.9 Å². The third-order valence-corrected chi connectivity index (χ3v) is 5.91. The number of carbonyl (C=O) groups is 1. The molecule has 0 unspecified atom stereocenters. The van der Waals surface area contributed by atoms with Crippen molar-refractivity contribution in [3.8, 4) is 5.88 Å². The summed E-state index contributed by atoms with van der Waals surface area (Å²) >= 11 is 3.34. The summed E-state index contributed by atoms with van der Waals surface area (Å²) in [6, 6.07) is 10.6. The molecule has 1 aromatic heterocycles. The first-order chi connectivity index (χ1) is 13.6. The average molecular weight is 479 g/mol. The van der Waals surface area contributed by atoms with Crippen LogP contribution in [0, 0.1) is 13.8 Å². The Morgan fingerprint density at radius 1 is 1.21 bits per heavy atom. The maximum Gasteiger partial charge on any atom is 0.285 e. The predicted octanol–water partition coefficient (Wildman–Crippen LogP) is 4.33. The molecule has 3 aromatic rings. The molecule has 8 nitrogen and oxygen atoms in total. The van der Waals surface area contributed by atoms with E-state index in [1.807, 2.05) is 13.0 Å². The zero-order chi connectivity index (χ0) is 21.3. The first-order valence-corrected chi connectivity index (χ1v) is 11.2. The number of hydrogen-bond acceptors (Lipinski definition) is 5. The largest absolute Gasteiger partial charge is 0.493 e. The first-order valence-electron chi connectivity index (χ1n) is 8.56. The van der Waals surface area contributed by atoms with E-state index in [0.29, 0.717) is 22.2 Å². The topological polar surface area (TPSA) is 115 Å². The molecule has 29 heavy (non-hydrogen) atoms. The van der Waals surface area contributed by atoms with E-state index < -0.39 is 22.5 Å². The van der Waals surface area contributed by atoms with Gasteiger partial charge in [-0.1, -0.05) is 28.1 Å².